The lowest BCUT2D eigenvalue weighted by molar-refractivity contribution is 0.409. The second kappa shape index (κ2) is 4.77. The fourth-order valence-corrected chi connectivity index (χ4v) is 3.03. The van der Waals surface area contributed by atoms with Crippen molar-refractivity contribution in [1.82, 2.24) is 0 Å². The summed E-state index contributed by atoms with van der Waals surface area (Å²) < 4.78 is 6.60. The molecule has 0 unspecified atom stereocenters. The minimum atomic E-state index is 0.607. The van der Waals surface area contributed by atoms with Crippen LogP contribution in [0.25, 0.3) is 0 Å². The zero-order valence-electron chi connectivity index (χ0n) is 10.3. The Morgan fingerprint density at radius 2 is 1.89 bits per heavy atom. The summed E-state index contributed by atoms with van der Waals surface area (Å²) in [4.78, 5) is 0. The van der Waals surface area contributed by atoms with Crippen molar-refractivity contribution in [2.24, 2.45) is 0 Å². The first-order valence-corrected chi connectivity index (χ1v) is 6.97. The maximum atomic E-state index is 5.45. The molecule has 0 radical (unpaired) electrons. The molecule has 0 aliphatic heterocycles. The molecule has 0 N–H and O–H groups in total. The van der Waals surface area contributed by atoms with Gasteiger partial charge in [-0.1, -0.05) is 46.3 Å². The average molecular weight is 303 g/mol. The second-order valence-corrected chi connectivity index (χ2v) is 5.66. The lowest BCUT2D eigenvalue weighted by atomic mass is 10.0. The van der Waals surface area contributed by atoms with E-state index in [-0.39, 0.29) is 0 Å². The van der Waals surface area contributed by atoms with Crippen LogP contribution in [-0.2, 0) is 0 Å². The van der Waals surface area contributed by atoms with Gasteiger partial charge in [0.2, 0.25) is 0 Å². The van der Waals surface area contributed by atoms with Crippen molar-refractivity contribution in [2.45, 2.75) is 18.3 Å². The molecule has 0 bridgehead atoms. The zero-order valence-corrected chi connectivity index (χ0v) is 11.9. The van der Waals surface area contributed by atoms with Gasteiger partial charge in [-0.3, -0.25) is 0 Å². The van der Waals surface area contributed by atoms with Gasteiger partial charge in [0.1, 0.15) is 5.75 Å². The Balaban J connectivity index is 1.86. The Hall–Kier alpha value is -1.28. The first kappa shape index (κ1) is 11.8. The summed E-state index contributed by atoms with van der Waals surface area (Å²) in [6.07, 6.45) is 1.22. The van der Waals surface area contributed by atoms with Gasteiger partial charge in [0.25, 0.3) is 0 Å². The average Bonchev–Trinajstić information content (AvgIpc) is 3.19. The number of benzene rings is 2. The molecule has 2 heteroatoms. The van der Waals surface area contributed by atoms with Crippen molar-refractivity contribution in [3.63, 3.8) is 0 Å². The summed E-state index contributed by atoms with van der Waals surface area (Å²) in [5.74, 6) is 2.26. The van der Waals surface area contributed by atoms with Gasteiger partial charge in [0.05, 0.1) is 7.11 Å². The third-order valence-corrected chi connectivity index (χ3v) is 4.10. The van der Waals surface area contributed by atoms with Crippen molar-refractivity contribution in [2.75, 3.05) is 7.11 Å². The Labute approximate surface area is 116 Å². The molecular formula is C16H15BrO. The van der Waals surface area contributed by atoms with Crippen LogP contribution in [0.4, 0.5) is 0 Å². The maximum Gasteiger partial charge on any atom is 0.122 e. The molecule has 92 valence electrons. The molecular weight excluding hydrogens is 288 g/mol. The molecule has 0 spiro atoms. The van der Waals surface area contributed by atoms with Crippen LogP contribution in [-0.4, -0.2) is 7.11 Å². The number of ether oxygens (including phenoxy) is 1. The number of para-hydroxylation sites is 1. The van der Waals surface area contributed by atoms with Crippen LogP contribution in [0.5, 0.6) is 5.75 Å². The Morgan fingerprint density at radius 1 is 1.06 bits per heavy atom. The van der Waals surface area contributed by atoms with Gasteiger partial charge in [-0.2, -0.15) is 0 Å². The monoisotopic (exact) mass is 302 g/mol. The number of methoxy groups -OCH3 is 1. The second-order valence-electron chi connectivity index (χ2n) is 4.75. The number of hydrogen-bond donors (Lipinski definition) is 0. The fourth-order valence-electron chi connectivity index (χ4n) is 2.62. The van der Waals surface area contributed by atoms with Crippen LogP contribution in [0.15, 0.2) is 53.0 Å². The predicted molar refractivity (Wildman–Crippen MR) is 77.2 cm³/mol. The predicted octanol–water partition coefficient (Wildman–Crippen LogP) is 4.73. The van der Waals surface area contributed by atoms with Crippen molar-refractivity contribution in [3.8, 4) is 5.75 Å². The van der Waals surface area contributed by atoms with Crippen LogP contribution >= 0.6 is 15.9 Å². The minimum absolute atomic E-state index is 0.607. The van der Waals surface area contributed by atoms with Gasteiger partial charge in [-0.25, -0.2) is 0 Å². The summed E-state index contributed by atoms with van der Waals surface area (Å²) in [7, 11) is 1.75. The topological polar surface area (TPSA) is 9.23 Å². The largest absolute Gasteiger partial charge is 0.496 e. The van der Waals surface area contributed by atoms with E-state index in [0.29, 0.717) is 11.8 Å². The van der Waals surface area contributed by atoms with E-state index in [1.54, 1.807) is 7.11 Å². The molecule has 1 nitrogen and oxygen atoms in total. The summed E-state index contributed by atoms with van der Waals surface area (Å²) >= 11 is 3.54. The molecule has 1 saturated carbocycles. The van der Waals surface area contributed by atoms with E-state index < -0.39 is 0 Å². The van der Waals surface area contributed by atoms with Crippen molar-refractivity contribution >= 4 is 15.9 Å². The molecule has 0 heterocycles. The fraction of sp³-hybridized carbons (Fsp3) is 0.250. The van der Waals surface area contributed by atoms with Gasteiger partial charge in [0.15, 0.2) is 0 Å². The number of rotatable bonds is 3. The van der Waals surface area contributed by atoms with Gasteiger partial charge in [-0.05, 0) is 47.6 Å². The van der Waals surface area contributed by atoms with Gasteiger partial charge >= 0.3 is 0 Å². The van der Waals surface area contributed by atoms with E-state index in [2.05, 4.69) is 52.3 Å². The SMILES string of the molecule is COc1ccccc1[C@@H]1C[C@H]1c1cccc(Br)c1. The van der Waals surface area contributed by atoms with Crippen molar-refractivity contribution < 1.29 is 4.74 Å². The van der Waals surface area contributed by atoms with E-state index >= 15 is 0 Å². The molecule has 0 saturated heterocycles. The lowest BCUT2D eigenvalue weighted by Crippen LogP contribution is -1.90. The number of hydrogen-bond acceptors (Lipinski definition) is 1. The molecule has 0 aromatic heterocycles. The van der Waals surface area contributed by atoms with Crippen molar-refractivity contribution in [3.05, 3.63) is 64.1 Å². The molecule has 1 aliphatic rings. The molecule has 1 fully saturated rings. The van der Waals surface area contributed by atoms with Gasteiger partial charge in [-0.15, -0.1) is 0 Å². The molecule has 18 heavy (non-hydrogen) atoms. The third-order valence-electron chi connectivity index (χ3n) is 3.61. The van der Waals surface area contributed by atoms with E-state index in [9.17, 15) is 0 Å². The summed E-state index contributed by atoms with van der Waals surface area (Å²) in [6.45, 7) is 0. The Morgan fingerprint density at radius 3 is 2.67 bits per heavy atom. The highest BCUT2D eigenvalue weighted by molar-refractivity contribution is 9.10. The molecule has 1 aliphatic carbocycles. The van der Waals surface area contributed by atoms with Gasteiger partial charge in [0, 0.05) is 4.47 Å². The van der Waals surface area contributed by atoms with E-state index in [1.165, 1.54) is 17.5 Å². The molecule has 0 amide bonds. The summed E-state index contributed by atoms with van der Waals surface area (Å²) in [5, 5.41) is 0. The van der Waals surface area contributed by atoms with Crippen LogP contribution in [0, 0.1) is 0 Å². The lowest BCUT2D eigenvalue weighted by Gasteiger charge is -2.07. The highest BCUT2D eigenvalue weighted by atomic mass is 79.9. The molecule has 2 atom stereocenters. The van der Waals surface area contributed by atoms with Gasteiger partial charge < -0.3 is 4.74 Å². The van der Waals surface area contributed by atoms with Crippen LogP contribution < -0.4 is 4.74 Å². The summed E-state index contributed by atoms with van der Waals surface area (Å²) in [5.41, 5.74) is 2.75. The van der Waals surface area contributed by atoms with Crippen LogP contribution in [0.3, 0.4) is 0 Å². The first-order chi connectivity index (χ1) is 8.79. The molecule has 2 aromatic carbocycles. The molecule has 2 aromatic rings. The van der Waals surface area contributed by atoms with E-state index in [1.807, 2.05) is 12.1 Å². The maximum absolute atomic E-state index is 5.45. The zero-order chi connectivity index (χ0) is 12.5. The Kier molecular flexibility index (Phi) is 3.13. The quantitative estimate of drug-likeness (QED) is 0.796. The first-order valence-electron chi connectivity index (χ1n) is 6.18. The summed E-state index contributed by atoms with van der Waals surface area (Å²) in [6, 6.07) is 17.0. The standard InChI is InChI=1S/C16H15BrO/c1-18-16-8-3-2-7-13(16)15-10-14(15)11-5-4-6-12(17)9-11/h2-9,14-15H,10H2,1H3/t14-,15-/m0/s1. The normalized spacial score (nSPS) is 21.7. The minimum Gasteiger partial charge on any atom is -0.496 e. The number of halogens is 1. The smallest absolute Gasteiger partial charge is 0.122 e. The highest BCUT2D eigenvalue weighted by Crippen LogP contribution is 2.56. The van der Waals surface area contributed by atoms with Crippen molar-refractivity contribution in [1.29, 1.82) is 0 Å². The Bertz CT molecular complexity index is 565. The van der Waals surface area contributed by atoms with E-state index in [4.69, 9.17) is 4.74 Å². The van der Waals surface area contributed by atoms with Crippen LogP contribution in [0.2, 0.25) is 0 Å². The van der Waals surface area contributed by atoms with E-state index in [0.717, 1.165) is 10.2 Å². The third kappa shape index (κ3) is 2.17. The molecule has 3 rings (SSSR count). The highest BCUT2D eigenvalue weighted by Gasteiger charge is 2.40. The van der Waals surface area contributed by atoms with Crippen LogP contribution in [0.1, 0.15) is 29.4 Å².